The Balaban J connectivity index is 1.58. The van der Waals surface area contributed by atoms with Crippen LogP contribution < -0.4 is 10.1 Å². The van der Waals surface area contributed by atoms with Gasteiger partial charge in [0.05, 0.1) is 7.11 Å². The molecule has 0 aromatic heterocycles. The zero-order valence-electron chi connectivity index (χ0n) is 14.7. The summed E-state index contributed by atoms with van der Waals surface area (Å²) in [5.74, 6) is -1.87. The second kappa shape index (κ2) is 8.19. The number of amides is 1. The lowest BCUT2D eigenvalue weighted by Gasteiger charge is -2.32. The number of phenols is 1. The van der Waals surface area contributed by atoms with E-state index < -0.39 is 17.5 Å². The molecule has 0 aliphatic carbocycles. The average molecular weight is 358 g/mol. The number of ether oxygens (including phenoxy) is 1. The molecule has 3 rings (SSSR count). The Labute approximate surface area is 152 Å². The van der Waals surface area contributed by atoms with E-state index >= 15 is 0 Å². The zero-order chi connectivity index (χ0) is 18.5. The SMILES string of the molecule is COc1ccc(F)c(O)c1C(=O)NC1CCN(Cc2ccccc2)CC1. The van der Waals surface area contributed by atoms with Crippen molar-refractivity contribution in [3.8, 4) is 11.5 Å². The summed E-state index contributed by atoms with van der Waals surface area (Å²) >= 11 is 0. The van der Waals surface area contributed by atoms with Gasteiger partial charge in [-0.05, 0) is 30.5 Å². The number of carbonyl (C=O) groups excluding carboxylic acids is 1. The topological polar surface area (TPSA) is 61.8 Å². The molecule has 26 heavy (non-hydrogen) atoms. The van der Waals surface area contributed by atoms with Crippen molar-refractivity contribution in [3.63, 3.8) is 0 Å². The number of benzene rings is 2. The van der Waals surface area contributed by atoms with E-state index in [-0.39, 0.29) is 17.4 Å². The number of rotatable bonds is 5. The van der Waals surface area contributed by atoms with Gasteiger partial charge in [-0.3, -0.25) is 9.69 Å². The zero-order valence-corrected chi connectivity index (χ0v) is 14.7. The summed E-state index contributed by atoms with van der Waals surface area (Å²) in [6.07, 6.45) is 1.61. The number of phenolic OH excluding ortho intramolecular Hbond substituents is 1. The third-order valence-corrected chi connectivity index (χ3v) is 4.71. The van der Waals surface area contributed by atoms with Crippen molar-refractivity contribution in [2.45, 2.75) is 25.4 Å². The first-order valence-corrected chi connectivity index (χ1v) is 8.71. The fraction of sp³-hybridized carbons (Fsp3) is 0.350. The molecular weight excluding hydrogens is 335 g/mol. The van der Waals surface area contributed by atoms with E-state index in [4.69, 9.17) is 4.74 Å². The van der Waals surface area contributed by atoms with Crippen LogP contribution >= 0.6 is 0 Å². The van der Waals surface area contributed by atoms with Crippen LogP contribution in [0.15, 0.2) is 42.5 Å². The molecule has 0 unspecified atom stereocenters. The number of halogens is 1. The third kappa shape index (κ3) is 4.14. The van der Waals surface area contributed by atoms with Crippen molar-refractivity contribution in [1.29, 1.82) is 0 Å². The van der Waals surface area contributed by atoms with E-state index in [0.29, 0.717) is 0 Å². The second-order valence-electron chi connectivity index (χ2n) is 6.48. The van der Waals surface area contributed by atoms with Gasteiger partial charge in [-0.15, -0.1) is 0 Å². The smallest absolute Gasteiger partial charge is 0.259 e. The van der Waals surface area contributed by atoms with Crippen molar-refractivity contribution in [2.24, 2.45) is 0 Å². The molecule has 0 saturated carbocycles. The van der Waals surface area contributed by atoms with Crippen LogP contribution in [0.2, 0.25) is 0 Å². The van der Waals surface area contributed by atoms with Crippen LogP contribution in [0, 0.1) is 5.82 Å². The molecule has 1 fully saturated rings. The first kappa shape index (κ1) is 18.2. The Hall–Kier alpha value is -2.60. The number of hydrogen-bond donors (Lipinski definition) is 2. The lowest BCUT2D eigenvalue weighted by molar-refractivity contribution is 0.0902. The minimum atomic E-state index is -0.839. The van der Waals surface area contributed by atoms with Crippen LogP contribution in [-0.2, 0) is 6.54 Å². The first-order valence-electron chi connectivity index (χ1n) is 8.71. The maximum atomic E-state index is 13.6. The predicted octanol–water partition coefficient (Wildman–Crippen LogP) is 2.93. The molecule has 1 aliphatic rings. The molecule has 1 aliphatic heterocycles. The minimum absolute atomic E-state index is 0.0121. The van der Waals surface area contributed by atoms with Crippen molar-refractivity contribution in [3.05, 3.63) is 59.4 Å². The second-order valence-corrected chi connectivity index (χ2v) is 6.48. The van der Waals surface area contributed by atoms with Gasteiger partial charge < -0.3 is 15.2 Å². The van der Waals surface area contributed by atoms with Crippen molar-refractivity contribution in [1.82, 2.24) is 10.2 Å². The molecule has 138 valence electrons. The molecule has 0 atom stereocenters. The third-order valence-electron chi connectivity index (χ3n) is 4.71. The van der Waals surface area contributed by atoms with Crippen molar-refractivity contribution in [2.75, 3.05) is 20.2 Å². The van der Waals surface area contributed by atoms with Crippen LogP contribution in [0.5, 0.6) is 11.5 Å². The molecule has 0 radical (unpaired) electrons. The Kier molecular flexibility index (Phi) is 5.73. The highest BCUT2D eigenvalue weighted by Gasteiger charge is 2.25. The number of aromatic hydroxyl groups is 1. The summed E-state index contributed by atoms with van der Waals surface area (Å²) in [5.41, 5.74) is 1.11. The number of hydrogen-bond acceptors (Lipinski definition) is 4. The summed E-state index contributed by atoms with van der Waals surface area (Å²) in [4.78, 5) is 14.9. The monoisotopic (exact) mass is 358 g/mol. The largest absolute Gasteiger partial charge is 0.504 e. The molecule has 2 aromatic rings. The maximum Gasteiger partial charge on any atom is 0.259 e. The van der Waals surface area contributed by atoms with Gasteiger partial charge in [0.2, 0.25) is 0 Å². The van der Waals surface area contributed by atoms with Crippen molar-refractivity contribution >= 4 is 5.91 Å². The highest BCUT2D eigenvalue weighted by atomic mass is 19.1. The van der Waals surface area contributed by atoms with Crippen LogP contribution in [0.3, 0.4) is 0 Å². The molecule has 6 heteroatoms. The van der Waals surface area contributed by atoms with Gasteiger partial charge in [-0.1, -0.05) is 30.3 Å². The number of carbonyl (C=O) groups is 1. The lowest BCUT2D eigenvalue weighted by Crippen LogP contribution is -2.44. The van der Waals surface area contributed by atoms with Gasteiger partial charge in [0.25, 0.3) is 5.91 Å². The fourth-order valence-corrected chi connectivity index (χ4v) is 3.27. The Morgan fingerprint density at radius 3 is 2.58 bits per heavy atom. The summed E-state index contributed by atoms with van der Waals surface area (Å²) in [6.45, 7) is 2.62. The summed E-state index contributed by atoms with van der Waals surface area (Å²) in [7, 11) is 1.38. The maximum absolute atomic E-state index is 13.6. The van der Waals surface area contributed by atoms with Crippen LogP contribution in [0.1, 0.15) is 28.8 Å². The number of likely N-dealkylation sites (tertiary alicyclic amines) is 1. The van der Waals surface area contributed by atoms with Gasteiger partial charge in [0, 0.05) is 25.7 Å². The summed E-state index contributed by atoms with van der Waals surface area (Å²) < 4.78 is 18.7. The van der Waals surface area contributed by atoms with Gasteiger partial charge >= 0.3 is 0 Å². The average Bonchev–Trinajstić information content (AvgIpc) is 2.66. The summed E-state index contributed by atoms with van der Waals surface area (Å²) in [6, 6.07) is 12.7. The standard InChI is InChI=1S/C20H23FN2O3/c1-26-17-8-7-16(21)19(24)18(17)20(25)22-15-9-11-23(12-10-15)13-14-5-3-2-4-6-14/h2-8,15,24H,9-13H2,1H3,(H,22,25). The van der Waals surface area contributed by atoms with Gasteiger partial charge in [-0.25, -0.2) is 4.39 Å². The van der Waals surface area contributed by atoms with Crippen LogP contribution in [0.25, 0.3) is 0 Å². The fourth-order valence-electron chi connectivity index (χ4n) is 3.27. The Morgan fingerprint density at radius 2 is 1.92 bits per heavy atom. The molecular formula is C20H23FN2O3. The molecule has 1 amide bonds. The Morgan fingerprint density at radius 1 is 1.23 bits per heavy atom. The minimum Gasteiger partial charge on any atom is -0.504 e. The normalized spacial score (nSPS) is 15.6. The highest BCUT2D eigenvalue weighted by molar-refractivity contribution is 5.99. The molecule has 5 nitrogen and oxygen atoms in total. The Bertz CT molecular complexity index is 759. The number of methoxy groups -OCH3 is 1. The van der Waals surface area contributed by atoms with Crippen LogP contribution in [-0.4, -0.2) is 42.2 Å². The molecule has 2 aromatic carbocycles. The van der Waals surface area contributed by atoms with E-state index in [1.807, 2.05) is 18.2 Å². The van der Waals surface area contributed by atoms with E-state index in [1.165, 1.54) is 18.7 Å². The van der Waals surface area contributed by atoms with Crippen LogP contribution in [0.4, 0.5) is 4.39 Å². The molecule has 2 N–H and O–H groups in total. The predicted molar refractivity (Wildman–Crippen MR) is 96.8 cm³/mol. The van der Waals surface area contributed by atoms with E-state index in [2.05, 4.69) is 22.3 Å². The highest BCUT2D eigenvalue weighted by Crippen LogP contribution is 2.30. The summed E-state index contributed by atoms with van der Waals surface area (Å²) in [5, 5.41) is 12.8. The molecule has 0 bridgehead atoms. The number of nitrogens with one attached hydrogen (secondary N) is 1. The lowest BCUT2D eigenvalue weighted by atomic mass is 10.0. The van der Waals surface area contributed by atoms with E-state index in [0.717, 1.165) is 38.5 Å². The quantitative estimate of drug-likeness (QED) is 0.863. The van der Waals surface area contributed by atoms with E-state index in [9.17, 15) is 14.3 Å². The number of nitrogens with zero attached hydrogens (tertiary/aromatic N) is 1. The van der Waals surface area contributed by atoms with Gasteiger partial charge in [0.1, 0.15) is 11.3 Å². The van der Waals surface area contributed by atoms with Gasteiger partial charge in [0.15, 0.2) is 11.6 Å². The molecule has 0 spiro atoms. The van der Waals surface area contributed by atoms with Gasteiger partial charge in [-0.2, -0.15) is 0 Å². The van der Waals surface area contributed by atoms with E-state index in [1.54, 1.807) is 0 Å². The first-order chi connectivity index (χ1) is 12.6. The molecule has 1 heterocycles. The van der Waals surface area contributed by atoms with Crippen molar-refractivity contribution < 1.29 is 19.0 Å². The molecule has 1 saturated heterocycles. The number of piperidine rings is 1.